The zero-order valence-corrected chi connectivity index (χ0v) is 12.2. The second-order valence-electron chi connectivity index (χ2n) is 5.21. The Kier molecular flexibility index (Phi) is 7.14. The van der Waals surface area contributed by atoms with Crippen LogP contribution in [0.5, 0.6) is 0 Å². The molecule has 1 rings (SSSR count). The normalized spacial score (nSPS) is 22.2. The number of piperidine rings is 1. The molecule has 0 bridgehead atoms. The maximum Gasteiger partial charge on any atom is 0.279 e. The predicted octanol–water partition coefficient (Wildman–Crippen LogP) is 1.07. The van der Waals surface area contributed by atoms with Gasteiger partial charge >= 0.3 is 0 Å². The summed E-state index contributed by atoms with van der Waals surface area (Å²) in [5.74, 6) is 0.472. The SMILES string of the molecule is CC1CCCN(S(=O)(=O)NCCCCCCN)C1. The molecular formula is C12H27N3O2S. The van der Waals surface area contributed by atoms with Gasteiger partial charge in [-0.25, -0.2) is 4.72 Å². The molecule has 1 heterocycles. The summed E-state index contributed by atoms with van der Waals surface area (Å²) in [6, 6.07) is 0. The monoisotopic (exact) mass is 277 g/mol. The molecule has 0 aromatic carbocycles. The maximum absolute atomic E-state index is 12.0. The fraction of sp³-hybridized carbons (Fsp3) is 1.00. The minimum atomic E-state index is -3.25. The third-order valence-corrected chi connectivity index (χ3v) is 4.96. The smallest absolute Gasteiger partial charge is 0.279 e. The standard InChI is InChI=1S/C12H27N3O2S/c1-12-7-6-10-15(11-12)18(16,17)14-9-5-3-2-4-8-13/h12,14H,2-11,13H2,1H3. The van der Waals surface area contributed by atoms with E-state index in [4.69, 9.17) is 5.73 Å². The molecule has 18 heavy (non-hydrogen) atoms. The van der Waals surface area contributed by atoms with Gasteiger partial charge in [-0.2, -0.15) is 12.7 Å². The molecule has 108 valence electrons. The number of rotatable bonds is 8. The first-order valence-corrected chi connectivity index (χ1v) is 8.45. The lowest BCUT2D eigenvalue weighted by atomic mass is 10.0. The first-order chi connectivity index (χ1) is 8.56. The highest BCUT2D eigenvalue weighted by Crippen LogP contribution is 2.17. The van der Waals surface area contributed by atoms with E-state index in [2.05, 4.69) is 11.6 Å². The van der Waals surface area contributed by atoms with Gasteiger partial charge in [-0.1, -0.05) is 19.8 Å². The van der Waals surface area contributed by atoms with Crippen LogP contribution in [0.15, 0.2) is 0 Å². The van der Waals surface area contributed by atoms with Gasteiger partial charge in [-0.15, -0.1) is 0 Å². The van der Waals surface area contributed by atoms with Crippen molar-refractivity contribution in [3.8, 4) is 0 Å². The molecular weight excluding hydrogens is 250 g/mol. The molecule has 0 amide bonds. The summed E-state index contributed by atoms with van der Waals surface area (Å²) in [7, 11) is -3.25. The third-order valence-electron chi connectivity index (χ3n) is 3.38. The van der Waals surface area contributed by atoms with Crippen LogP contribution in [0.3, 0.4) is 0 Å². The van der Waals surface area contributed by atoms with E-state index in [9.17, 15) is 8.42 Å². The van der Waals surface area contributed by atoms with Crippen molar-refractivity contribution in [1.29, 1.82) is 0 Å². The minimum absolute atomic E-state index is 0.472. The van der Waals surface area contributed by atoms with Gasteiger partial charge < -0.3 is 5.73 Å². The Hall–Kier alpha value is -0.170. The van der Waals surface area contributed by atoms with Crippen molar-refractivity contribution in [3.63, 3.8) is 0 Å². The molecule has 0 saturated carbocycles. The molecule has 0 aromatic heterocycles. The fourth-order valence-corrected chi connectivity index (χ4v) is 3.68. The molecule has 0 spiro atoms. The summed E-state index contributed by atoms with van der Waals surface area (Å²) in [6.07, 6.45) is 6.14. The van der Waals surface area contributed by atoms with E-state index < -0.39 is 10.2 Å². The molecule has 3 N–H and O–H groups in total. The molecule has 1 unspecified atom stereocenters. The largest absolute Gasteiger partial charge is 0.330 e. The van der Waals surface area contributed by atoms with Gasteiger partial charge in [0.15, 0.2) is 0 Å². The fourth-order valence-electron chi connectivity index (χ4n) is 2.28. The van der Waals surface area contributed by atoms with Crippen LogP contribution in [0.25, 0.3) is 0 Å². The summed E-state index contributed by atoms with van der Waals surface area (Å²) in [4.78, 5) is 0. The van der Waals surface area contributed by atoms with Crippen LogP contribution in [-0.2, 0) is 10.2 Å². The van der Waals surface area contributed by atoms with E-state index in [0.717, 1.165) is 45.1 Å². The van der Waals surface area contributed by atoms with E-state index in [0.29, 0.717) is 25.6 Å². The zero-order valence-electron chi connectivity index (χ0n) is 11.4. The van der Waals surface area contributed by atoms with Crippen LogP contribution in [0.2, 0.25) is 0 Å². The molecule has 6 heteroatoms. The van der Waals surface area contributed by atoms with Gasteiger partial charge in [0.05, 0.1) is 0 Å². The first kappa shape index (κ1) is 15.9. The van der Waals surface area contributed by atoms with Crippen molar-refractivity contribution < 1.29 is 8.42 Å². The minimum Gasteiger partial charge on any atom is -0.330 e. The Bertz CT molecular complexity index is 319. The van der Waals surface area contributed by atoms with E-state index in [1.165, 1.54) is 0 Å². The molecule has 5 nitrogen and oxygen atoms in total. The Morgan fingerprint density at radius 3 is 2.67 bits per heavy atom. The summed E-state index contributed by atoms with van der Waals surface area (Å²) in [6.45, 7) is 4.68. The van der Waals surface area contributed by atoms with Gasteiger partial charge in [0, 0.05) is 19.6 Å². The van der Waals surface area contributed by atoms with Gasteiger partial charge in [0.2, 0.25) is 0 Å². The lowest BCUT2D eigenvalue weighted by Gasteiger charge is -2.29. The number of nitrogens with zero attached hydrogens (tertiary/aromatic N) is 1. The van der Waals surface area contributed by atoms with E-state index in [1.807, 2.05) is 0 Å². The highest BCUT2D eigenvalue weighted by atomic mass is 32.2. The first-order valence-electron chi connectivity index (χ1n) is 7.01. The number of unbranched alkanes of at least 4 members (excludes halogenated alkanes) is 3. The van der Waals surface area contributed by atoms with Crippen LogP contribution >= 0.6 is 0 Å². The molecule has 0 aliphatic carbocycles. The average Bonchev–Trinajstić information content (AvgIpc) is 2.33. The zero-order chi connectivity index (χ0) is 13.4. The highest BCUT2D eigenvalue weighted by Gasteiger charge is 2.26. The van der Waals surface area contributed by atoms with Gasteiger partial charge in [-0.05, 0) is 38.1 Å². The molecule has 0 aromatic rings. The number of nitrogens with two attached hydrogens (primary N) is 1. The van der Waals surface area contributed by atoms with Crippen molar-refractivity contribution in [1.82, 2.24) is 9.03 Å². The van der Waals surface area contributed by atoms with Crippen molar-refractivity contribution >= 4 is 10.2 Å². The number of hydrogen-bond acceptors (Lipinski definition) is 3. The van der Waals surface area contributed by atoms with Crippen LogP contribution < -0.4 is 10.5 Å². The predicted molar refractivity (Wildman–Crippen MR) is 74.4 cm³/mol. The Balaban J connectivity index is 2.22. The summed E-state index contributed by atoms with van der Waals surface area (Å²) < 4.78 is 28.3. The highest BCUT2D eigenvalue weighted by molar-refractivity contribution is 7.87. The molecule has 1 fully saturated rings. The molecule has 1 aliphatic rings. The van der Waals surface area contributed by atoms with E-state index >= 15 is 0 Å². The topological polar surface area (TPSA) is 75.4 Å². The summed E-state index contributed by atoms with van der Waals surface area (Å²) in [5.41, 5.74) is 5.40. The van der Waals surface area contributed by atoms with Crippen LogP contribution in [0.4, 0.5) is 0 Å². The van der Waals surface area contributed by atoms with Crippen LogP contribution in [0.1, 0.15) is 45.4 Å². The van der Waals surface area contributed by atoms with E-state index in [-0.39, 0.29) is 0 Å². The lowest BCUT2D eigenvalue weighted by Crippen LogP contribution is -2.45. The Morgan fingerprint density at radius 2 is 2.00 bits per heavy atom. The molecule has 0 radical (unpaired) electrons. The van der Waals surface area contributed by atoms with Gasteiger partial charge in [-0.3, -0.25) is 0 Å². The number of hydrogen-bond donors (Lipinski definition) is 2. The Labute approximate surface area is 111 Å². The molecule has 1 saturated heterocycles. The number of nitrogens with one attached hydrogen (secondary N) is 1. The van der Waals surface area contributed by atoms with Crippen LogP contribution in [-0.4, -0.2) is 38.9 Å². The van der Waals surface area contributed by atoms with Crippen molar-refractivity contribution in [2.45, 2.75) is 45.4 Å². The van der Waals surface area contributed by atoms with Crippen LogP contribution in [0, 0.1) is 5.92 Å². The third kappa shape index (κ3) is 5.65. The van der Waals surface area contributed by atoms with Crippen molar-refractivity contribution in [3.05, 3.63) is 0 Å². The second kappa shape index (κ2) is 8.09. The average molecular weight is 277 g/mol. The lowest BCUT2D eigenvalue weighted by molar-refractivity contribution is 0.278. The second-order valence-corrected chi connectivity index (χ2v) is 6.96. The summed E-state index contributed by atoms with van der Waals surface area (Å²) >= 11 is 0. The van der Waals surface area contributed by atoms with Gasteiger partial charge in [0.1, 0.15) is 0 Å². The van der Waals surface area contributed by atoms with Crippen molar-refractivity contribution in [2.24, 2.45) is 11.7 Å². The molecule has 1 atom stereocenters. The molecule has 1 aliphatic heterocycles. The maximum atomic E-state index is 12.0. The van der Waals surface area contributed by atoms with Crippen molar-refractivity contribution in [2.75, 3.05) is 26.2 Å². The summed E-state index contributed by atoms with van der Waals surface area (Å²) in [5, 5.41) is 0. The quantitative estimate of drug-likeness (QED) is 0.652. The Morgan fingerprint density at radius 1 is 1.28 bits per heavy atom. The van der Waals surface area contributed by atoms with Gasteiger partial charge in [0.25, 0.3) is 10.2 Å². The van der Waals surface area contributed by atoms with E-state index in [1.54, 1.807) is 4.31 Å².